The molecule has 0 amide bonds. The molecule has 0 bridgehead atoms. The lowest BCUT2D eigenvalue weighted by molar-refractivity contribution is -0.394. The maximum Gasteiger partial charge on any atom is 0.310 e. The molecule has 0 N–H and O–H groups in total. The largest absolute Gasteiger partial charge is 0.385 e. The SMILES string of the molecule is CCCCCCCCC(OCCCOC)C(OC)(OC)OC. The average Bonchev–Trinajstić information content (AvgIpc) is 2.55. The van der Waals surface area contributed by atoms with Crippen LogP contribution in [0.3, 0.4) is 0 Å². The third kappa shape index (κ3) is 8.44. The summed E-state index contributed by atoms with van der Waals surface area (Å²) in [5.41, 5.74) is 0. The number of hydrogen-bond donors (Lipinski definition) is 0. The Hall–Kier alpha value is -0.200. The van der Waals surface area contributed by atoms with E-state index in [0.29, 0.717) is 13.2 Å². The smallest absolute Gasteiger partial charge is 0.310 e. The van der Waals surface area contributed by atoms with Crippen LogP contribution in [0, 0.1) is 0 Å². The second kappa shape index (κ2) is 14.4. The first kappa shape index (κ1) is 21.8. The molecule has 0 aromatic heterocycles. The van der Waals surface area contributed by atoms with Crippen molar-refractivity contribution < 1.29 is 23.7 Å². The molecule has 1 unspecified atom stereocenters. The zero-order valence-electron chi connectivity index (χ0n) is 15.2. The predicted octanol–water partition coefficient (Wildman–Crippen LogP) is 3.75. The molecule has 134 valence electrons. The number of unbranched alkanes of at least 4 members (excludes halogenated alkanes) is 5. The molecule has 0 heterocycles. The number of hydrogen-bond acceptors (Lipinski definition) is 5. The second-order valence-electron chi connectivity index (χ2n) is 5.48. The van der Waals surface area contributed by atoms with Crippen LogP contribution in [-0.4, -0.2) is 53.7 Å². The molecule has 22 heavy (non-hydrogen) atoms. The van der Waals surface area contributed by atoms with Crippen molar-refractivity contribution >= 4 is 0 Å². The van der Waals surface area contributed by atoms with Crippen LogP contribution in [0.5, 0.6) is 0 Å². The van der Waals surface area contributed by atoms with E-state index in [1.54, 1.807) is 28.4 Å². The average molecular weight is 320 g/mol. The molecule has 0 rings (SSSR count). The highest BCUT2D eigenvalue weighted by Crippen LogP contribution is 2.25. The summed E-state index contributed by atoms with van der Waals surface area (Å²) in [4.78, 5) is 0. The van der Waals surface area contributed by atoms with Crippen LogP contribution in [0.25, 0.3) is 0 Å². The van der Waals surface area contributed by atoms with E-state index in [4.69, 9.17) is 23.7 Å². The van der Waals surface area contributed by atoms with E-state index in [2.05, 4.69) is 6.92 Å². The molecule has 0 aliphatic carbocycles. The summed E-state index contributed by atoms with van der Waals surface area (Å²) in [6.07, 6.45) is 8.90. The molecule has 1 atom stereocenters. The lowest BCUT2D eigenvalue weighted by Crippen LogP contribution is -2.49. The molecule has 0 saturated heterocycles. The summed E-state index contributed by atoms with van der Waals surface area (Å²) in [7, 11) is 6.44. The van der Waals surface area contributed by atoms with Gasteiger partial charge in [-0.15, -0.1) is 0 Å². The minimum atomic E-state index is -1.13. The van der Waals surface area contributed by atoms with Crippen LogP contribution >= 0.6 is 0 Å². The lowest BCUT2D eigenvalue weighted by atomic mass is 10.1. The van der Waals surface area contributed by atoms with Gasteiger partial charge in [-0.05, 0) is 12.8 Å². The fraction of sp³-hybridized carbons (Fsp3) is 1.00. The van der Waals surface area contributed by atoms with Crippen LogP contribution in [0.1, 0.15) is 58.3 Å². The highest BCUT2D eigenvalue weighted by atomic mass is 16.9. The van der Waals surface area contributed by atoms with E-state index in [1.807, 2.05) is 0 Å². The van der Waals surface area contributed by atoms with E-state index in [-0.39, 0.29) is 6.10 Å². The predicted molar refractivity (Wildman–Crippen MR) is 88.0 cm³/mol. The first-order chi connectivity index (χ1) is 10.7. The van der Waals surface area contributed by atoms with Crippen molar-refractivity contribution in [2.45, 2.75) is 70.4 Å². The van der Waals surface area contributed by atoms with Gasteiger partial charge in [0.05, 0.1) is 0 Å². The van der Waals surface area contributed by atoms with E-state index in [0.717, 1.165) is 19.3 Å². The highest BCUT2D eigenvalue weighted by Gasteiger charge is 2.40. The first-order valence-electron chi connectivity index (χ1n) is 8.46. The Labute approximate surface area is 136 Å². The monoisotopic (exact) mass is 320 g/mol. The number of methoxy groups -OCH3 is 4. The molecule has 0 saturated carbocycles. The molecule has 0 aliphatic rings. The molecule has 0 aromatic carbocycles. The van der Waals surface area contributed by atoms with Crippen molar-refractivity contribution in [3.63, 3.8) is 0 Å². The Kier molecular flexibility index (Phi) is 14.3. The van der Waals surface area contributed by atoms with Crippen LogP contribution in [0.2, 0.25) is 0 Å². The summed E-state index contributed by atoms with van der Waals surface area (Å²) in [5, 5.41) is 0. The van der Waals surface area contributed by atoms with Gasteiger partial charge in [-0.1, -0.05) is 45.4 Å². The summed E-state index contributed by atoms with van der Waals surface area (Å²) in [5.74, 6) is -1.13. The second-order valence-corrected chi connectivity index (χ2v) is 5.48. The highest BCUT2D eigenvalue weighted by molar-refractivity contribution is 4.72. The van der Waals surface area contributed by atoms with E-state index in [1.165, 1.54) is 32.1 Å². The van der Waals surface area contributed by atoms with Gasteiger partial charge in [-0.2, -0.15) is 0 Å². The molecule has 0 spiro atoms. The summed E-state index contributed by atoms with van der Waals surface area (Å²) in [6, 6.07) is 0. The first-order valence-corrected chi connectivity index (χ1v) is 8.46. The lowest BCUT2D eigenvalue weighted by Gasteiger charge is -2.36. The van der Waals surface area contributed by atoms with Crippen LogP contribution < -0.4 is 0 Å². The molecular weight excluding hydrogens is 284 g/mol. The van der Waals surface area contributed by atoms with Gasteiger partial charge in [-0.25, -0.2) is 0 Å². The topological polar surface area (TPSA) is 46.2 Å². The van der Waals surface area contributed by atoms with Gasteiger partial charge in [0.15, 0.2) is 0 Å². The van der Waals surface area contributed by atoms with Gasteiger partial charge in [-0.3, -0.25) is 0 Å². The van der Waals surface area contributed by atoms with Crippen molar-refractivity contribution in [1.29, 1.82) is 0 Å². The fourth-order valence-electron chi connectivity index (χ4n) is 2.55. The third-order valence-corrected chi connectivity index (χ3v) is 3.88. The Bertz CT molecular complexity index is 223. The van der Waals surface area contributed by atoms with Gasteiger partial charge in [0.25, 0.3) is 0 Å². The molecule has 5 nitrogen and oxygen atoms in total. The minimum absolute atomic E-state index is 0.240. The Morgan fingerprint density at radius 2 is 1.32 bits per heavy atom. The molecule has 0 fully saturated rings. The minimum Gasteiger partial charge on any atom is -0.385 e. The fourth-order valence-corrected chi connectivity index (χ4v) is 2.55. The van der Waals surface area contributed by atoms with Crippen LogP contribution in [0.4, 0.5) is 0 Å². The van der Waals surface area contributed by atoms with Gasteiger partial charge < -0.3 is 23.7 Å². The summed E-state index contributed by atoms with van der Waals surface area (Å²) in [6.45, 7) is 3.52. The van der Waals surface area contributed by atoms with Crippen LogP contribution in [0.15, 0.2) is 0 Å². The normalized spacial score (nSPS) is 13.5. The maximum absolute atomic E-state index is 5.96. The summed E-state index contributed by atoms with van der Waals surface area (Å²) < 4.78 is 27.4. The number of rotatable bonds is 16. The quantitative estimate of drug-likeness (QED) is 0.320. The van der Waals surface area contributed by atoms with Crippen molar-refractivity contribution in [2.75, 3.05) is 41.7 Å². The van der Waals surface area contributed by atoms with E-state index >= 15 is 0 Å². The molecule has 0 aromatic rings. The van der Waals surface area contributed by atoms with Gasteiger partial charge in [0, 0.05) is 41.7 Å². The van der Waals surface area contributed by atoms with Crippen molar-refractivity contribution in [1.82, 2.24) is 0 Å². The molecule has 0 radical (unpaired) electrons. The van der Waals surface area contributed by atoms with Crippen LogP contribution in [-0.2, 0) is 23.7 Å². The zero-order chi connectivity index (χ0) is 16.7. The Morgan fingerprint density at radius 1 is 0.727 bits per heavy atom. The Morgan fingerprint density at radius 3 is 1.86 bits per heavy atom. The summed E-state index contributed by atoms with van der Waals surface area (Å²) >= 11 is 0. The zero-order valence-corrected chi connectivity index (χ0v) is 15.2. The van der Waals surface area contributed by atoms with Crippen molar-refractivity contribution in [2.24, 2.45) is 0 Å². The maximum atomic E-state index is 5.96. The van der Waals surface area contributed by atoms with E-state index in [9.17, 15) is 0 Å². The third-order valence-electron chi connectivity index (χ3n) is 3.88. The number of ether oxygens (including phenoxy) is 5. The van der Waals surface area contributed by atoms with Gasteiger partial charge in [0.2, 0.25) is 0 Å². The van der Waals surface area contributed by atoms with Crippen molar-refractivity contribution in [3.8, 4) is 0 Å². The van der Waals surface area contributed by atoms with E-state index < -0.39 is 5.97 Å². The molecule has 5 heteroatoms. The standard InChI is InChI=1S/C17H36O5/c1-6-7-8-9-10-11-13-16(22-15-12-14-18-2)17(19-3,20-4)21-5/h16H,6-15H2,1-5H3. The Balaban J connectivity index is 4.32. The molecule has 0 aliphatic heterocycles. The van der Waals surface area contributed by atoms with Gasteiger partial charge in [0.1, 0.15) is 6.10 Å². The van der Waals surface area contributed by atoms with Crippen molar-refractivity contribution in [3.05, 3.63) is 0 Å². The van der Waals surface area contributed by atoms with Gasteiger partial charge >= 0.3 is 5.97 Å². The molecular formula is C17H36O5.